The third-order valence-corrected chi connectivity index (χ3v) is 5.87. The number of hydrazone groups is 1. The maximum absolute atomic E-state index is 12.1. The van der Waals surface area contributed by atoms with Gasteiger partial charge in [0.15, 0.2) is 11.5 Å². The predicted octanol–water partition coefficient (Wildman–Crippen LogP) is 5.90. The Bertz CT molecular complexity index is 1100. The molecule has 0 aromatic heterocycles. The molecule has 0 atom stereocenters. The van der Waals surface area contributed by atoms with Gasteiger partial charge in [-0.1, -0.05) is 45.8 Å². The molecule has 3 aromatic carbocycles. The van der Waals surface area contributed by atoms with Gasteiger partial charge in [0.05, 0.1) is 22.9 Å². The summed E-state index contributed by atoms with van der Waals surface area (Å²) in [4.78, 5) is 12.1. The number of hydrogen-bond donors (Lipinski definition) is 2. The number of hydrogen-bond acceptors (Lipinski definition) is 5. The normalized spacial score (nSPS) is 10.8. The lowest BCUT2D eigenvalue weighted by atomic mass is 10.2. The van der Waals surface area contributed by atoms with E-state index in [1.165, 1.54) is 5.56 Å². The summed E-state index contributed by atoms with van der Waals surface area (Å²) in [5.74, 6) is 1.08. The van der Waals surface area contributed by atoms with Crippen LogP contribution in [0.1, 0.15) is 23.6 Å². The molecule has 6 nitrogen and oxygen atoms in total. The SMILES string of the molecule is CCOc1cc(/C=N\NC(=O)CNc2ccc(C)cc2)cc(I)c1OCc1ccc(Br)cc1. The number of rotatable bonds is 10. The first kappa shape index (κ1) is 25.0. The second-order valence-electron chi connectivity index (χ2n) is 7.19. The summed E-state index contributed by atoms with van der Waals surface area (Å²) in [7, 11) is 0. The molecule has 33 heavy (non-hydrogen) atoms. The second kappa shape index (κ2) is 12.6. The van der Waals surface area contributed by atoms with Crippen LogP contribution in [-0.2, 0) is 11.4 Å². The van der Waals surface area contributed by atoms with E-state index < -0.39 is 0 Å². The number of carbonyl (C=O) groups excluding carboxylic acids is 1. The van der Waals surface area contributed by atoms with Crippen LogP contribution in [-0.4, -0.2) is 25.3 Å². The smallest absolute Gasteiger partial charge is 0.259 e. The standard InChI is InChI=1S/C25H25BrIN3O3/c1-3-32-23-13-19(12-22(27)25(23)33-16-18-6-8-20(26)9-7-18)14-29-30-24(31)15-28-21-10-4-17(2)5-11-21/h4-14,28H,3,15-16H2,1-2H3,(H,30,31)/b29-14-. The van der Waals surface area contributed by atoms with E-state index in [1.807, 2.05) is 74.5 Å². The van der Waals surface area contributed by atoms with Crippen molar-refractivity contribution in [3.63, 3.8) is 0 Å². The molecule has 0 aliphatic heterocycles. The van der Waals surface area contributed by atoms with E-state index in [2.05, 4.69) is 54.4 Å². The molecule has 3 aromatic rings. The first-order chi connectivity index (χ1) is 15.9. The van der Waals surface area contributed by atoms with Crippen LogP contribution in [0.2, 0.25) is 0 Å². The minimum atomic E-state index is -0.235. The average Bonchev–Trinajstić information content (AvgIpc) is 2.79. The maximum atomic E-state index is 12.1. The van der Waals surface area contributed by atoms with Crippen molar-refractivity contribution in [2.24, 2.45) is 5.10 Å². The highest BCUT2D eigenvalue weighted by Gasteiger charge is 2.12. The van der Waals surface area contributed by atoms with E-state index in [4.69, 9.17) is 9.47 Å². The molecular weight excluding hydrogens is 597 g/mol. The number of nitrogens with zero attached hydrogens (tertiary/aromatic N) is 1. The van der Waals surface area contributed by atoms with Gasteiger partial charge < -0.3 is 14.8 Å². The minimum absolute atomic E-state index is 0.130. The van der Waals surface area contributed by atoms with E-state index in [0.29, 0.717) is 24.7 Å². The van der Waals surface area contributed by atoms with Crippen molar-refractivity contribution in [3.05, 3.63) is 85.4 Å². The maximum Gasteiger partial charge on any atom is 0.259 e. The molecule has 0 saturated carbocycles. The summed E-state index contributed by atoms with van der Waals surface area (Å²) in [6.45, 7) is 5.01. The van der Waals surface area contributed by atoms with Crippen molar-refractivity contribution < 1.29 is 14.3 Å². The van der Waals surface area contributed by atoms with Crippen LogP contribution in [0.3, 0.4) is 0 Å². The van der Waals surface area contributed by atoms with Gasteiger partial charge in [-0.25, -0.2) is 5.43 Å². The lowest BCUT2D eigenvalue weighted by Gasteiger charge is -2.15. The topological polar surface area (TPSA) is 72.0 Å². The quantitative estimate of drug-likeness (QED) is 0.168. The van der Waals surface area contributed by atoms with Gasteiger partial charge in [0.25, 0.3) is 5.91 Å². The highest BCUT2D eigenvalue weighted by Crippen LogP contribution is 2.34. The first-order valence-corrected chi connectivity index (χ1v) is 12.3. The number of anilines is 1. The molecule has 0 unspecified atom stereocenters. The summed E-state index contributed by atoms with van der Waals surface area (Å²) < 4.78 is 13.8. The third-order valence-electron chi connectivity index (χ3n) is 4.54. The molecule has 0 spiro atoms. The highest BCUT2D eigenvalue weighted by atomic mass is 127. The van der Waals surface area contributed by atoms with Crippen molar-refractivity contribution in [1.82, 2.24) is 5.43 Å². The Morgan fingerprint density at radius 3 is 2.52 bits per heavy atom. The largest absolute Gasteiger partial charge is 0.490 e. The van der Waals surface area contributed by atoms with Gasteiger partial charge in [-0.2, -0.15) is 5.10 Å². The Balaban J connectivity index is 1.60. The minimum Gasteiger partial charge on any atom is -0.490 e. The molecule has 2 N–H and O–H groups in total. The fourth-order valence-corrected chi connectivity index (χ4v) is 3.92. The van der Waals surface area contributed by atoms with Crippen LogP contribution in [0.5, 0.6) is 11.5 Å². The number of ether oxygens (including phenoxy) is 2. The fraction of sp³-hybridized carbons (Fsp3) is 0.200. The van der Waals surface area contributed by atoms with Crippen molar-refractivity contribution in [2.45, 2.75) is 20.5 Å². The lowest BCUT2D eigenvalue weighted by Crippen LogP contribution is -2.25. The van der Waals surface area contributed by atoms with E-state index in [9.17, 15) is 4.79 Å². The molecule has 0 fully saturated rings. The molecule has 0 heterocycles. The molecule has 0 saturated heterocycles. The Morgan fingerprint density at radius 1 is 1.09 bits per heavy atom. The van der Waals surface area contributed by atoms with Gasteiger partial charge in [0.2, 0.25) is 0 Å². The predicted molar refractivity (Wildman–Crippen MR) is 144 cm³/mol. The molecule has 1 amide bonds. The molecule has 8 heteroatoms. The fourth-order valence-electron chi connectivity index (χ4n) is 2.87. The number of amides is 1. The van der Waals surface area contributed by atoms with Gasteiger partial charge >= 0.3 is 0 Å². The van der Waals surface area contributed by atoms with E-state index >= 15 is 0 Å². The van der Waals surface area contributed by atoms with Crippen molar-refractivity contribution in [2.75, 3.05) is 18.5 Å². The Hall–Kier alpha value is -2.59. The van der Waals surface area contributed by atoms with E-state index in [0.717, 1.165) is 24.9 Å². The molecule has 0 aliphatic carbocycles. The number of aryl methyl sites for hydroxylation is 1. The Kier molecular flexibility index (Phi) is 9.56. The monoisotopic (exact) mass is 621 g/mol. The highest BCUT2D eigenvalue weighted by molar-refractivity contribution is 14.1. The number of nitrogens with one attached hydrogen (secondary N) is 2. The van der Waals surface area contributed by atoms with Crippen LogP contribution >= 0.6 is 38.5 Å². The zero-order chi connectivity index (χ0) is 23.6. The molecular formula is C25H25BrIN3O3. The zero-order valence-corrected chi connectivity index (χ0v) is 22.1. The van der Waals surface area contributed by atoms with E-state index in [1.54, 1.807) is 6.21 Å². The van der Waals surface area contributed by atoms with Crippen LogP contribution in [0.25, 0.3) is 0 Å². The number of halogens is 2. The molecule has 3 rings (SSSR count). The summed E-state index contributed by atoms with van der Waals surface area (Å²) in [5, 5.41) is 7.14. The van der Waals surface area contributed by atoms with Gasteiger partial charge in [0.1, 0.15) is 6.61 Å². The number of benzene rings is 3. The lowest BCUT2D eigenvalue weighted by molar-refractivity contribution is -0.119. The summed E-state index contributed by atoms with van der Waals surface area (Å²) >= 11 is 5.66. The Morgan fingerprint density at radius 2 is 1.82 bits per heavy atom. The summed E-state index contributed by atoms with van der Waals surface area (Å²) in [6.07, 6.45) is 1.59. The third kappa shape index (κ3) is 8.04. The molecule has 0 bridgehead atoms. The number of carbonyl (C=O) groups is 1. The summed E-state index contributed by atoms with van der Waals surface area (Å²) in [6, 6.07) is 19.6. The van der Waals surface area contributed by atoms with Gasteiger partial charge in [-0.3, -0.25) is 4.79 Å². The van der Waals surface area contributed by atoms with Crippen LogP contribution in [0.15, 0.2) is 70.2 Å². The van der Waals surface area contributed by atoms with E-state index in [-0.39, 0.29) is 12.5 Å². The van der Waals surface area contributed by atoms with Gasteiger partial charge in [-0.05, 0) is 84.0 Å². The van der Waals surface area contributed by atoms with Crippen molar-refractivity contribution in [3.8, 4) is 11.5 Å². The second-order valence-corrected chi connectivity index (χ2v) is 9.27. The van der Waals surface area contributed by atoms with Crippen LogP contribution in [0, 0.1) is 10.5 Å². The zero-order valence-electron chi connectivity index (χ0n) is 18.4. The molecule has 0 aliphatic rings. The summed E-state index contributed by atoms with van der Waals surface area (Å²) in [5.41, 5.74) is 6.45. The van der Waals surface area contributed by atoms with Crippen molar-refractivity contribution in [1.29, 1.82) is 0 Å². The van der Waals surface area contributed by atoms with Gasteiger partial charge in [0, 0.05) is 10.2 Å². The van der Waals surface area contributed by atoms with Gasteiger partial charge in [-0.15, -0.1) is 0 Å². The Labute approximate surface area is 216 Å². The van der Waals surface area contributed by atoms with Crippen molar-refractivity contribution >= 4 is 56.3 Å². The van der Waals surface area contributed by atoms with Crippen LogP contribution < -0.4 is 20.2 Å². The molecule has 0 radical (unpaired) electrons. The average molecular weight is 622 g/mol. The first-order valence-electron chi connectivity index (χ1n) is 10.4. The molecule has 172 valence electrons. The van der Waals surface area contributed by atoms with Crippen LogP contribution in [0.4, 0.5) is 5.69 Å².